The first-order valence-corrected chi connectivity index (χ1v) is 8.02. The number of benzene rings is 1. The Labute approximate surface area is 125 Å². The monoisotopic (exact) mass is 276 g/mol. The highest BCUT2D eigenvalue weighted by molar-refractivity contribution is 5.48. The van der Waals surface area contributed by atoms with Gasteiger partial charge in [-0.25, -0.2) is 0 Å². The zero-order valence-electron chi connectivity index (χ0n) is 14.1. The summed E-state index contributed by atoms with van der Waals surface area (Å²) in [6.07, 6.45) is 0. The maximum atomic E-state index is 3.46. The van der Waals surface area contributed by atoms with Crippen LogP contribution in [-0.4, -0.2) is 19.6 Å². The fourth-order valence-electron chi connectivity index (χ4n) is 2.56. The number of nitrogens with one attached hydrogen (secondary N) is 1. The molecular weight excluding hydrogens is 244 g/mol. The van der Waals surface area contributed by atoms with Crippen molar-refractivity contribution in [3.63, 3.8) is 0 Å². The van der Waals surface area contributed by atoms with Crippen LogP contribution in [0, 0.1) is 11.8 Å². The topological polar surface area (TPSA) is 15.3 Å². The molecule has 0 heterocycles. The van der Waals surface area contributed by atoms with Crippen LogP contribution in [0.25, 0.3) is 0 Å². The lowest BCUT2D eigenvalue weighted by Gasteiger charge is -2.29. The number of hydrogen-bond donors (Lipinski definition) is 1. The Bertz CT molecular complexity index is 358. The molecule has 1 aromatic carbocycles. The summed E-state index contributed by atoms with van der Waals surface area (Å²) in [6, 6.07) is 9.49. The Morgan fingerprint density at radius 1 is 0.900 bits per heavy atom. The lowest BCUT2D eigenvalue weighted by atomic mass is 10.1. The second-order valence-electron chi connectivity index (χ2n) is 6.56. The summed E-state index contributed by atoms with van der Waals surface area (Å²) >= 11 is 0. The highest BCUT2D eigenvalue weighted by atomic mass is 15.1. The minimum atomic E-state index is 0.428. The van der Waals surface area contributed by atoms with Gasteiger partial charge in [0, 0.05) is 24.8 Å². The van der Waals surface area contributed by atoms with E-state index in [1.54, 1.807) is 0 Å². The molecule has 1 rings (SSSR count). The molecule has 0 aliphatic heterocycles. The van der Waals surface area contributed by atoms with Crippen LogP contribution in [-0.2, 0) is 0 Å². The van der Waals surface area contributed by atoms with Crippen molar-refractivity contribution in [3.05, 3.63) is 29.8 Å². The summed E-state index contributed by atoms with van der Waals surface area (Å²) in [5.41, 5.74) is 2.71. The van der Waals surface area contributed by atoms with Crippen LogP contribution >= 0.6 is 0 Å². The molecule has 0 aromatic heterocycles. The van der Waals surface area contributed by atoms with Crippen LogP contribution in [0.2, 0.25) is 0 Å². The van der Waals surface area contributed by atoms with Gasteiger partial charge in [0.05, 0.1) is 0 Å². The molecule has 20 heavy (non-hydrogen) atoms. The van der Waals surface area contributed by atoms with Gasteiger partial charge in [0.1, 0.15) is 0 Å². The molecule has 0 fully saturated rings. The Balaban J connectivity index is 2.81. The first kappa shape index (κ1) is 17.0. The van der Waals surface area contributed by atoms with E-state index in [9.17, 15) is 0 Å². The second-order valence-corrected chi connectivity index (χ2v) is 6.56. The van der Waals surface area contributed by atoms with Gasteiger partial charge in [0.2, 0.25) is 0 Å². The van der Waals surface area contributed by atoms with Crippen LogP contribution < -0.4 is 10.2 Å². The first-order chi connectivity index (χ1) is 9.43. The van der Waals surface area contributed by atoms with E-state index in [4.69, 9.17) is 0 Å². The van der Waals surface area contributed by atoms with Crippen LogP contribution in [0.5, 0.6) is 0 Å². The molecule has 2 heteroatoms. The van der Waals surface area contributed by atoms with E-state index < -0.39 is 0 Å². The molecule has 1 N–H and O–H groups in total. The third-order valence-electron chi connectivity index (χ3n) is 3.44. The SMILES string of the molecule is CCNC(C)c1ccc(N(CC(C)C)CC(C)C)cc1. The van der Waals surface area contributed by atoms with Crippen molar-refractivity contribution in [2.24, 2.45) is 11.8 Å². The Kier molecular flexibility index (Phi) is 7.08. The standard InChI is InChI=1S/C18H32N2/c1-7-19-16(6)17-8-10-18(11-9-17)20(12-14(2)3)13-15(4)5/h8-11,14-16,19H,7,12-13H2,1-6H3. The van der Waals surface area contributed by atoms with E-state index >= 15 is 0 Å². The van der Waals surface area contributed by atoms with Crippen molar-refractivity contribution in [3.8, 4) is 0 Å². The van der Waals surface area contributed by atoms with E-state index in [1.807, 2.05) is 0 Å². The summed E-state index contributed by atoms with van der Waals surface area (Å²) in [6.45, 7) is 16.8. The fourth-order valence-corrected chi connectivity index (χ4v) is 2.56. The molecule has 0 aliphatic rings. The van der Waals surface area contributed by atoms with Crippen molar-refractivity contribution in [1.29, 1.82) is 0 Å². The molecule has 0 amide bonds. The van der Waals surface area contributed by atoms with E-state index in [-0.39, 0.29) is 0 Å². The summed E-state index contributed by atoms with van der Waals surface area (Å²) in [5.74, 6) is 1.38. The molecule has 0 saturated carbocycles. The summed E-state index contributed by atoms with van der Waals surface area (Å²) in [7, 11) is 0. The average molecular weight is 276 g/mol. The molecule has 1 unspecified atom stereocenters. The minimum Gasteiger partial charge on any atom is -0.371 e. The summed E-state index contributed by atoms with van der Waals surface area (Å²) < 4.78 is 0. The fraction of sp³-hybridized carbons (Fsp3) is 0.667. The third-order valence-corrected chi connectivity index (χ3v) is 3.44. The van der Waals surface area contributed by atoms with Gasteiger partial charge in [-0.15, -0.1) is 0 Å². The Morgan fingerprint density at radius 2 is 1.40 bits per heavy atom. The highest BCUT2D eigenvalue weighted by Gasteiger charge is 2.11. The van der Waals surface area contributed by atoms with Gasteiger partial charge in [-0.1, -0.05) is 46.8 Å². The van der Waals surface area contributed by atoms with Crippen molar-refractivity contribution in [2.75, 3.05) is 24.5 Å². The molecule has 2 nitrogen and oxygen atoms in total. The molecule has 1 aromatic rings. The quantitative estimate of drug-likeness (QED) is 0.753. The molecule has 0 radical (unpaired) electrons. The summed E-state index contributed by atoms with van der Waals surface area (Å²) in [4.78, 5) is 2.51. The molecule has 0 spiro atoms. The molecule has 114 valence electrons. The lowest BCUT2D eigenvalue weighted by molar-refractivity contribution is 0.552. The van der Waals surface area contributed by atoms with Crippen molar-refractivity contribution in [1.82, 2.24) is 5.32 Å². The predicted molar refractivity (Wildman–Crippen MR) is 90.4 cm³/mol. The molecule has 0 bridgehead atoms. The van der Waals surface area contributed by atoms with Crippen LogP contribution in [0.3, 0.4) is 0 Å². The molecule has 1 atom stereocenters. The zero-order chi connectivity index (χ0) is 15.1. The average Bonchev–Trinajstić information content (AvgIpc) is 2.37. The van der Waals surface area contributed by atoms with Gasteiger partial charge in [0.15, 0.2) is 0 Å². The molecule has 0 aliphatic carbocycles. The van der Waals surface area contributed by atoms with Crippen LogP contribution in [0.1, 0.15) is 53.1 Å². The van der Waals surface area contributed by atoms with Crippen LogP contribution in [0.4, 0.5) is 5.69 Å². The molecular formula is C18H32N2. The van der Waals surface area contributed by atoms with E-state index in [0.717, 1.165) is 19.6 Å². The number of hydrogen-bond acceptors (Lipinski definition) is 2. The van der Waals surface area contributed by atoms with E-state index in [1.165, 1.54) is 11.3 Å². The maximum absolute atomic E-state index is 3.46. The van der Waals surface area contributed by atoms with Gasteiger partial charge in [0.25, 0.3) is 0 Å². The van der Waals surface area contributed by atoms with Gasteiger partial charge in [-0.3, -0.25) is 0 Å². The highest BCUT2D eigenvalue weighted by Crippen LogP contribution is 2.21. The largest absolute Gasteiger partial charge is 0.371 e. The minimum absolute atomic E-state index is 0.428. The Hall–Kier alpha value is -1.02. The van der Waals surface area contributed by atoms with Gasteiger partial charge < -0.3 is 10.2 Å². The van der Waals surface area contributed by atoms with Gasteiger partial charge in [-0.05, 0) is 43.0 Å². The molecule has 0 saturated heterocycles. The smallest absolute Gasteiger partial charge is 0.0366 e. The van der Waals surface area contributed by atoms with Crippen molar-refractivity contribution in [2.45, 2.75) is 47.6 Å². The van der Waals surface area contributed by atoms with Gasteiger partial charge in [-0.2, -0.15) is 0 Å². The van der Waals surface area contributed by atoms with E-state index in [0.29, 0.717) is 17.9 Å². The predicted octanol–water partition coefficient (Wildman–Crippen LogP) is 4.48. The Morgan fingerprint density at radius 3 is 1.80 bits per heavy atom. The first-order valence-electron chi connectivity index (χ1n) is 8.02. The third kappa shape index (κ3) is 5.54. The number of anilines is 1. The summed E-state index contributed by atoms with van der Waals surface area (Å²) in [5, 5.41) is 3.46. The normalized spacial score (nSPS) is 13.0. The van der Waals surface area contributed by atoms with Gasteiger partial charge >= 0.3 is 0 Å². The zero-order valence-corrected chi connectivity index (χ0v) is 14.1. The second kappa shape index (κ2) is 8.31. The van der Waals surface area contributed by atoms with E-state index in [2.05, 4.69) is 76.0 Å². The van der Waals surface area contributed by atoms with Crippen molar-refractivity contribution < 1.29 is 0 Å². The lowest BCUT2D eigenvalue weighted by Crippen LogP contribution is -2.31. The number of rotatable bonds is 8. The number of nitrogens with zero attached hydrogens (tertiary/aromatic N) is 1. The van der Waals surface area contributed by atoms with Crippen molar-refractivity contribution >= 4 is 5.69 Å². The maximum Gasteiger partial charge on any atom is 0.0366 e. The van der Waals surface area contributed by atoms with Crippen LogP contribution in [0.15, 0.2) is 24.3 Å².